The van der Waals surface area contributed by atoms with Gasteiger partial charge in [0.2, 0.25) is 0 Å². The Hall–Kier alpha value is -1.33. The third-order valence-electron chi connectivity index (χ3n) is 3.63. The maximum absolute atomic E-state index is 5.66. The number of nitrogens with zero attached hydrogens (tertiary/aromatic N) is 2. The molecule has 1 N–H and O–H groups in total. The first-order valence-electron chi connectivity index (χ1n) is 6.82. The van der Waals surface area contributed by atoms with E-state index in [1.807, 2.05) is 14.1 Å². The number of benzene rings is 1. The molecule has 2 aromatic rings. The van der Waals surface area contributed by atoms with Gasteiger partial charge in [-0.1, -0.05) is 0 Å². The number of hydrogen-bond donors (Lipinski definition) is 1. The smallest absolute Gasteiger partial charge is 0.124 e. The molecule has 1 aliphatic rings. The Balaban J connectivity index is 2.02. The summed E-state index contributed by atoms with van der Waals surface area (Å²) in [5.41, 5.74) is 3.41. The summed E-state index contributed by atoms with van der Waals surface area (Å²) in [5.74, 6) is 2.03. The Morgan fingerprint density at radius 1 is 1.45 bits per heavy atom. The second kappa shape index (κ2) is 5.58. The highest BCUT2D eigenvalue weighted by Crippen LogP contribution is 2.33. The van der Waals surface area contributed by atoms with Crippen molar-refractivity contribution in [1.29, 1.82) is 0 Å². The summed E-state index contributed by atoms with van der Waals surface area (Å²) < 4.78 is 8.75. The minimum absolute atomic E-state index is 0.753. The van der Waals surface area contributed by atoms with E-state index in [1.54, 1.807) is 0 Å². The van der Waals surface area contributed by atoms with E-state index >= 15 is 0 Å². The van der Waals surface area contributed by atoms with Crippen LogP contribution in [0.1, 0.15) is 17.8 Å². The molecule has 0 saturated heterocycles. The van der Waals surface area contributed by atoms with Crippen molar-refractivity contribution in [3.05, 3.63) is 34.2 Å². The van der Waals surface area contributed by atoms with Crippen molar-refractivity contribution in [1.82, 2.24) is 14.9 Å². The number of aromatic nitrogens is 2. The molecule has 0 radical (unpaired) electrons. The number of hydrogen-bond acceptors (Lipinski definition) is 3. The second-order valence-electron chi connectivity index (χ2n) is 5.03. The van der Waals surface area contributed by atoms with Gasteiger partial charge >= 0.3 is 0 Å². The lowest BCUT2D eigenvalue weighted by atomic mass is 10.0. The summed E-state index contributed by atoms with van der Waals surface area (Å²) in [6.45, 7) is 1.58. The number of halogens is 1. The molecule has 0 atom stereocenters. The molecule has 5 heteroatoms. The van der Waals surface area contributed by atoms with Gasteiger partial charge in [0.15, 0.2) is 0 Å². The number of rotatable bonds is 3. The Kier molecular flexibility index (Phi) is 3.81. The van der Waals surface area contributed by atoms with Crippen molar-refractivity contribution in [2.45, 2.75) is 19.4 Å². The van der Waals surface area contributed by atoms with Crippen LogP contribution in [-0.2, 0) is 20.0 Å². The molecule has 3 rings (SSSR count). The Morgan fingerprint density at radius 3 is 3.10 bits per heavy atom. The maximum Gasteiger partial charge on any atom is 0.124 e. The third-order valence-corrected chi connectivity index (χ3v) is 4.54. The van der Waals surface area contributed by atoms with Gasteiger partial charge in [-0.05, 0) is 59.6 Å². The van der Waals surface area contributed by atoms with Crippen molar-refractivity contribution < 1.29 is 4.74 Å². The molecule has 0 spiro atoms. The fourth-order valence-corrected chi connectivity index (χ4v) is 3.05. The molecule has 0 aliphatic carbocycles. The zero-order chi connectivity index (χ0) is 14.1. The van der Waals surface area contributed by atoms with Crippen LogP contribution < -0.4 is 10.1 Å². The highest BCUT2D eigenvalue weighted by Gasteiger charge is 2.16. The van der Waals surface area contributed by atoms with Crippen molar-refractivity contribution in [3.63, 3.8) is 0 Å². The SMILES string of the molecule is CNCc1nc(-c2ccc3c(c2)CCCO3)c(Br)n1C. The number of ether oxygens (including phenoxy) is 1. The van der Waals surface area contributed by atoms with E-state index < -0.39 is 0 Å². The molecular weight excluding hydrogens is 318 g/mol. The number of imidazole rings is 1. The van der Waals surface area contributed by atoms with Gasteiger partial charge in [0.05, 0.1) is 13.2 Å². The minimum atomic E-state index is 0.753. The molecule has 106 valence electrons. The lowest BCUT2D eigenvalue weighted by Gasteiger charge is -2.17. The average molecular weight is 336 g/mol. The molecule has 1 aromatic heterocycles. The molecule has 1 aromatic carbocycles. The van der Waals surface area contributed by atoms with Gasteiger partial charge in [0, 0.05) is 12.6 Å². The van der Waals surface area contributed by atoms with Gasteiger partial charge in [0.1, 0.15) is 21.9 Å². The Bertz CT molecular complexity index is 636. The summed E-state index contributed by atoms with van der Waals surface area (Å²) in [7, 11) is 3.95. The highest BCUT2D eigenvalue weighted by atomic mass is 79.9. The number of nitrogens with one attached hydrogen (secondary N) is 1. The van der Waals surface area contributed by atoms with Crippen LogP contribution in [0.3, 0.4) is 0 Å². The Morgan fingerprint density at radius 2 is 2.30 bits per heavy atom. The molecule has 0 bridgehead atoms. The van der Waals surface area contributed by atoms with Crippen molar-refractivity contribution in [3.8, 4) is 17.0 Å². The monoisotopic (exact) mass is 335 g/mol. The van der Waals surface area contributed by atoms with E-state index in [0.29, 0.717) is 0 Å². The fraction of sp³-hybridized carbons (Fsp3) is 0.400. The lowest BCUT2D eigenvalue weighted by molar-refractivity contribution is 0.288. The highest BCUT2D eigenvalue weighted by molar-refractivity contribution is 9.10. The van der Waals surface area contributed by atoms with Crippen LogP contribution in [0.15, 0.2) is 22.8 Å². The predicted octanol–water partition coefficient (Wildman–Crippen LogP) is 2.89. The van der Waals surface area contributed by atoms with Gasteiger partial charge in [-0.15, -0.1) is 0 Å². The van der Waals surface area contributed by atoms with Gasteiger partial charge in [0.25, 0.3) is 0 Å². The number of aryl methyl sites for hydroxylation is 1. The second-order valence-corrected chi connectivity index (χ2v) is 5.78. The van der Waals surface area contributed by atoms with E-state index in [0.717, 1.165) is 53.4 Å². The summed E-state index contributed by atoms with van der Waals surface area (Å²) in [4.78, 5) is 4.73. The van der Waals surface area contributed by atoms with E-state index in [1.165, 1.54) is 5.56 Å². The van der Waals surface area contributed by atoms with Crippen LogP contribution in [0, 0.1) is 0 Å². The van der Waals surface area contributed by atoms with Crippen LogP contribution in [0.2, 0.25) is 0 Å². The van der Waals surface area contributed by atoms with E-state index in [4.69, 9.17) is 9.72 Å². The van der Waals surface area contributed by atoms with Gasteiger partial charge in [-0.25, -0.2) is 4.98 Å². The summed E-state index contributed by atoms with van der Waals surface area (Å²) in [5, 5.41) is 3.14. The van der Waals surface area contributed by atoms with Crippen LogP contribution in [-0.4, -0.2) is 23.2 Å². The average Bonchev–Trinajstić information content (AvgIpc) is 2.76. The quantitative estimate of drug-likeness (QED) is 0.937. The zero-order valence-corrected chi connectivity index (χ0v) is 13.3. The first-order valence-corrected chi connectivity index (χ1v) is 7.62. The normalized spacial score (nSPS) is 13.9. The topological polar surface area (TPSA) is 39.1 Å². The first kappa shape index (κ1) is 13.6. The van der Waals surface area contributed by atoms with Crippen LogP contribution in [0.4, 0.5) is 0 Å². The molecule has 1 aliphatic heterocycles. The summed E-state index contributed by atoms with van der Waals surface area (Å²) in [6.07, 6.45) is 2.17. The molecule has 0 saturated carbocycles. The van der Waals surface area contributed by atoms with Gasteiger partial charge in [-0.2, -0.15) is 0 Å². The maximum atomic E-state index is 5.66. The summed E-state index contributed by atoms with van der Waals surface area (Å²) >= 11 is 3.65. The lowest BCUT2D eigenvalue weighted by Crippen LogP contribution is -2.10. The number of fused-ring (bicyclic) bond motifs is 1. The van der Waals surface area contributed by atoms with Crippen LogP contribution in [0.25, 0.3) is 11.3 Å². The molecule has 2 heterocycles. The largest absolute Gasteiger partial charge is 0.493 e. The standard InChI is InChI=1S/C15H18BrN3O/c1-17-9-13-18-14(15(16)19(13)2)11-5-6-12-10(8-11)4-3-7-20-12/h5-6,8,17H,3-4,7,9H2,1-2H3. The molecular formula is C15H18BrN3O. The van der Waals surface area contributed by atoms with Gasteiger partial charge in [-0.3, -0.25) is 0 Å². The van der Waals surface area contributed by atoms with Crippen molar-refractivity contribution >= 4 is 15.9 Å². The molecule has 4 nitrogen and oxygen atoms in total. The molecule has 0 amide bonds. The van der Waals surface area contributed by atoms with Crippen molar-refractivity contribution in [2.24, 2.45) is 7.05 Å². The summed E-state index contributed by atoms with van der Waals surface area (Å²) in [6, 6.07) is 6.34. The van der Waals surface area contributed by atoms with E-state index in [9.17, 15) is 0 Å². The van der Waals surface area contributed by atoms with Crippen molar-refractivity contribution in [2.75, 3.05) is 13.7 Å². The van der Waals surface area contributed by atoms with Crippen LogP contribution >= 0.6 is 15.9 Å². The fourth-order valence-electron chi connectivity index (χ4n) is 2.53. The van der Waals surface area contributed by atoms with Gasteiger partial charge < -0.3 is 14.6 Å². The third kappa shape index (κ3) is 2.36. The molecule has 0 unspecified atom stereocenters. The molecule has 0 fully saturated rings. The first-order chi connectivity index (χ1) is 9.70. The van der Waals surface area contributed by atoms with E-state index in [2.05, 4.69) is 44.0 Å². The van der Waals surface area contributed by atoms with Crippen LogP contribution in [0.5, 0.6) is 5.75 Å². The van der Waals surface area contributed by atoms with E-state index in [-0.39, 0.29) is 0 Å². The predicted molar refractivity (Wildman–Crippen MR) is 82.9 cm³/mol. The zero-order valence-electron chi connectivity index (χ0n) is 11.7. The molecule has 20 heavy (non-hydrogen) atoms. The Labute approximate surface area is 127 Å². The minimum Gasteiger partial charge on any atom is -0.493 e.